The van der Waals surface area contributed by atoms with Gasteiger partial charge in [-0.2, -0.15) is 13.2 Å². The molecular weight excluding hydrogens is 659 g/mol. The average molecular weight is 697 g/mol. The number of benzene rings is 2. The molecule has 1 heterocycles. The third-order valence-corrected chi connectivity index (χ3v) is 8.01. The normalized spacial score (nSPS) is 12.9. The molecule has 244 valence electrons. The highest BCUT2D eigenvalue weighted by Crippen LogP contribution is 2.38. The van der Waals surface area contributed by atoms with Gasteiger partial charge in [-0.15, -0.1) is 0 Å². The Kier molecular flexibility index (Phi) is 12.7. The highest BCUT2D eigenvalue weighted by Gasteiger charge is 2.36. The maximum Gasteiger partial charge on any atom is 0.417 e. The number of para-hydroxylation sites is 1. The number of ether oxygens (including phenoxy) is 2. The fourth-order valence-corrected chi connectivity index (χ4v) is 5.46. The molecule has 0 aliphatic carbocycles. The minimum atomic E-state index is -4.71. The first kappa shape index (κ1) is 35.7. The van der Waals surface area contributed by atoms with E-state index in [9.17, 15) is 32.7 Å². The maximum absolute atomic E-state index is 13.8. The van der Waals surface area contributed by atoms with Crippen molar-refractivity contribution in [2.75, 3.05) is 6.61 Å². The zero-order valence-electron chi connectivity index (χ0n) is 25.3. The van der Waals surface area contributed by atoms with Gasteiger partial charge in [-0.1, -0.05) is 60.3 Å². The summed E-state index contributed by atoms with van der Waals surface area (Å²) in [7, 11) is 1.43. The Morgan fingerprint density at radius 1 is 1.02 bits per heavy atom. The van der Waals surface area contributed by atoms with Gasteiger partial charge in [0.1, 0.15) is 11.5 Å². The zero-order chi connectivity index (χ0) is 33.3. The molecule has 0 saturated heterocycles. The van der Waals surface area contributed by atoms with Crippen molar-refractivity contribution in [3.63, 3.8) is 0 Å². The van der Waals surface area contributed by atoms with E-state index in [1.54, 1.807) is 37.3 Å². The lowest BCUT2D eigenvalue weighted by molar-refractivity contribution is -0.147. The third-order valence-electron chi connectivity index (χ3n) is 7.55. The van der Waals surface area contributed by atoms with Gasteiger partial charge in [0.15, 0.2) is 6.10 Å². The summed E-state index contributed by atoms with van der Waals surface area (Å²) in [4.78, 5) is 35.8. The molecule has 2 N–H and O–H groups in total. The zero-order valence-corrected chi connectivity index (χ0v) is 26.9. The van der Waals surface area contributed by atoms with Gasteiger partial charge in [0.2, 0.25) is 0 Å². The van der Waals surface area contributed by atoms with Crippen LogP contribution in [0, 0.1) is 12.8 Å². The maximum atomic E-state index is 13.8. The van der Waals surface area contributed by atoms with E-state index in [-0.39, 0.29) is 30.0 Å². The van der Waals surface area contributed by atoms with Crippen LogP contribution in [0.4, 0.5) is 13.2 Å². The van der Waals surface area contributed by atoms with Crippen LogP contribution < -0.4 is 15.0 Å². The number of halogens is 4. The lowest BCUT2D eigenvalue weighted by Crippen LogP contribution is -2.34. The SMILES string of the molecule is Cc1cc(C(F)(F)F)c(-c2cc(Br)cc(OCCCCCCC(C)C(Oc3ccccc3CCC(=O)O)C(=O)O)c2)c(=O)n1C. The monoisotopic (exact) mass is 695 g/mol. The number of rotatable bonds is 16. The van der Waals surface area contributed by atoms with Crippen molar-refractivity contribution in [2.24, 2.45) is 13.0 Å². The number of carboxylic acids is 2. The van der Waals surface area contributed by atoms with Gasteiger partial charge in [-0.05, 0) is 67.6 Å². The Bertz CT molecular complexity index is 1550. The van der Waals surface area contributed by atoms with Crippen LogP contribution in [0.3, 0.4) is 0 Å². The van der Waals surface area contributed by atoms with Crippen LogP contribution in [0.5, 0.6) is 11.5 Å². The Hall–Kier alpha value is -3.80. The first-order chi connectivity index (χ1) is 21.2. The summed E-state index contributed by atoms with van der Waals surface area (Å²) in [6.07, 6.45) is -2.09. The fourth-order valence-electron chi connectivity index (χ4n) is 4.99. The quantitative estimate of drug-likeness (QED) is 0.148. The van der Waals surface area contributed by atoms with Crippen molar-refractivity contribution in [2.45, 2.75) is 71.1 Å². The van der Waals surface area contributed by atoms with Crippen molar-refractivity contribution >= 4 is 27.9 Å². The number of hydrogen-bond acceptors (Lipinski definition) is 5. The molecule has 45 heavy (non-hydrogen) atoms. The smallest absolute Gasteiger partial charge is 0.417 e. The second-order valence-electron chi connectivity index (χ2n) is 11.0. The van der Waals surface area contributed by atoms with E-state index in [0.717, 1.165) is 25.3 Å². The van der Waals surface area contributed by atoms with Crippen molar-refractivity contribution in [1.82, 2.24) is 4.57 Å². The third kappa shape index (κ3) is 10.1. The molecule has 3 rings (SSSR count). The standard InChI is InChI=1S/C33H37BrF3NO7/c1-20(30(32(42)43)45-27-12-8-7-11-22(27)13-14-28(39)40)10-6-4-5-9-15-44-25-18-23(17-24(34)19-25)29-26(33(35,36)37)16-21(2)38(3)31(29)41/h7-8,11-12,16-20,30H,4-6,9-10,13-15H2,1-3H3,(H,39,40)(H,42,43). The van der Waals surface area contributed by atoms with E-state index in [1.165, 1.54) is 30.7 Å². The number of hydrogen-bond donors (Lipinski definition) is 2. The molecule has 0 amide bonds. The predicted octanol–water partition coefficient (Wildman–Crippen LogP) is 7.66. The van der Waals surface area contributed by atoms with Gasteiger partial charge in [0, 0.05) is 29.6 Å². The van der Waals surface area contributed by atoms with Gasteiger partial charge >= 0.3 is 18.1 Å². The van der Waals surface area contributed by atoms with E-state index < -0.39 is 40.9 Å². The number of unbranched alkanes of at least 4 members (excludes halogenated alkanes) is 3. The summed E-state index contributed by atoms with van der Waals surface area (Å²) in [5.41, 5.74) is -1.26. The molecule has 0 saturated carbocycles. The van der Waals surface area contributed by atoms with Crippen LogP contribution in [0.15, 0.2) is 57.8 Å². The van der Waals surface area contributed by atoms with Gasteiger partial charge in [0.05, 0.1) is 17.7 Å². The molecule has 0 aliphatic rings. The van der Waals surface area contributed by atoms with Crippen LogP contribution in [0.1, 0.15) is 62.3 Å². The molecule has 0 bridgehead atoms. The minimum Gasteiger partial charge on any atom is -0.494 e. The summed E-state index contributed by atoms with van der Waals surface area (Å²) in [5, 5.41) is 18.8. The number of alkyl halides is 3. The van der Waals surface area contributed by atoms with Gasteiger partial charge in [-0.25, -0.2) is 4.79 Å². The Balaban J connectivity index is 1.54. The van der Waals surface area contributed by atoms with Crippen molar-refractivity contribution < 1.29 is 42.4 Å². The number of aliphatic carboxylic acids is 2. The summed E-state index contributed by atoms with van der Waals surface area (Å²) in [6.45, 7) is 3.55. The Morgan fingerprint density at radius 2 is 1.71 bits per heavy atom. The first-order valence-corrected chi connectivity index (χ1v) is 15.4. The van der Waals surface area contributed by atoms with Crippen molar-refractivity contribution in [1.29, 1.82) is 0 Å². The Morgan fingerprint density at radius 3 is 2.38 bits per heavy atom. The molecule has 1 aromatic heterocycles. The van der Waals surface area contributed by atoms with Crippen LogP contribution in [-0.2, 0) is 29.2 Å². The topological polar surface area (TPSA) is 115 Å². The number of pyridine rings is 1. The average Bonchev–Trinajstić information content (AvgIpc) is 2.96. The summed E-state index contributed by atoms with van der Waals surface area (Å²) < 4.78 is 54.8. The lowest BCUT2D eigenvalue weighted by atomic mass is 9.96. The van der Waals surface area contributed by atoms with E-state index in [1.807, 2.05) is 0 Å². The molecule has 2 atom stereocenters. The van der Waals surface area contributed by atoms with Crippen molar-refractivity contribution in [3.05, 3.63) is 80.2 Å². The van der Waals surface area contributed by atoms with Crippen molar-refractivity contribution in [3.8, 4) is 22.6 Å². The summed E-state index contributed by atoms with van der Waals surface area (Å²) in [6, 6.07) is 12.3. The molecule has 0 radical (unpaired) electrons. The summed E-state index contributed by atoms with van der Waals surface area (Å²) >= 11 is 3.31. The predicted molar refractivity (Wildman–Crippen MR) is 167 cm³/mol. The summed E-state index contributed by atoms with van der Waals surface area (Å²) in [5.74, 6) is -1.66. The molecule has 3 aromatic rings. The number of aromatic nitrogens is 1. The van der Waals surface area contributed by atoms with Crippen LogP contribution in [0.2, 0.25) is 0 Å². The molecule has 0 aliphatic heterocycles. The lowest BCUT2D eigenvalue weighted by Gasteiger charge is -2.23. The second kappa shape index (κ2) is 16.0. The molecule has 12 heteroatoms. The van der Waals surface area contributed by atoms with Gasteiger partial charge in [-0.3, -0.25) is 9.59 Å². The number of carboxylic acid groups (broad SMARTS) is 2. The van der Waals surface area contributed by atoms with Crippen LogP contribution in [-0.4, -0.2) is 39.4 Å². The van der Waals surface area contributed by atoms with Crippen LogP contribution >= 0.6 is 15.9 Å². The number of aryl methyl sites for hydroxylation is 2. The van der Waals surface area contributed by atoms with E-state index >= 15 is 0 Å². The van der Waals surface area contributed by atoms with E-state index in [2.05, 4.69) is 15.9 Å². The minimum absolute atomic E-state index is 0.0915. The highest BCUT2D eigenvalue weighted by molar-refractivity contribution is 9.10. The van der Waals surface area contributed by atoms with Gasteiger partial charge < -0.3 is 24.3 Å². The second-order valence-corrected chi connectivity index (χ2v) is 11.9. The molecule has 0 fully saturated rings. The van der Waals surface area contributed by atoms with E-state index in [0.29, 0.717) is 41.0 Å². The first-order valence-electron chi connectivity index (χ1n) is 14.6. The molecule has 0 spiro atoms. The Labute approximate surface area is 267 Å². The number of carbonyl (C=O) groups is 2. The molecule has 2 aromatic carbocycles. The molecule has 2 unspecified atom stereocenters. The highest BCUT2D eigenvalue weighted by atomic mass is 79.9. The molecular formula is C33H37BrF3NO7. The van der Waals surface area contributed by atoms with Crippen LogP contribution in [0.25, 0.3) is 11.1 Å². The largest absolute Gasteiger partial charge is 0.494 e. The number of nitrogens with zero attached hydrogens (tertiary/aromatic N) is 1. The molecule has 8 nitrogen and oxygen atoms in total. The fraction of sp³-hybridized carbons (Fsp3) is 0.424. The van der Waals surface area contributed by atoms with E-state index in [4.69, 9.17) is 14.6 Å². The van der Waals surface area contributed by atoms with Gasteiger partial charge in [0.25, 0.3) is 5.56 Å².